The number of aromatic nitrogens is 3. The number of benzene rings is 2. The predicted molar refractivity (Wildman–Crippen MR) is 143 cm³/mol. The summed E-state index contributed by atoms with van der Waals surface area (Å²) in [7, 11) is 0. The number of nitrogens with one attached hydrogen (secondary N) is 1. The van der Waals surface area contributed by atoms with Gasteiger partial charge >= 0.3 is 0 Å². The van der Waals surface area contributed by atoms with Crippen molar-refractivity contribution in [3.63, 3.8) is 0 Å². The third-order valence-electron chi connectivity index (χ3n) is 6.84. The topological polar surface area (TPSA) is 80.1 Å². The fourth-order valence-electron chi connectivity index (χ4n) is 4.64. The number of carbonyl (C=O) groups is 2. The summed E-state index contributed by atoms with van der Waals surface area (Å²) in [6, 6.07) is 19.9. The lowest BCUT2D eigenvalue weighted by atomic mass is 10.0. The van der Waals surface area contributed by atoms with Crippen molar-refractivity contribution in [2.24, 2.45) is 0 Å². The molecule has 1 aliphatic rings. The molecule has 1 aliphatic heterocycles. The maximum atomic E-state index is 13.5. The number of piperidine rings is 1. The van der Waals surface area contributed by atoms with E-state index in [0.717, 1.165) is 16.7 Å². The lowest BCUT2D eigenvalue weighted by Gasteiger charge is -2.32. The highest BCUT2D eigenvalue weighted by atomic mass is 16.2. The van der Waals surface area contributed by atoms with E-state index in [1.165, 1.54) is 5.56 Å². The number of rotatable bonds is 6. The van der Waals surface area contributed by atoms with Gasteiger partial charge in [-0.2, -0.15) is 5.10 Å². The second-order valence-corrected chi connectivity index (χ2v) is 9.72. The Hall–Kier alpha value is -4.26. The molecule has 0 atom stereocenters. The Kier molecular flexibility index (Phi) is 7.12. The van der Waals surface area contributed by atoms with Crippen LogP contribution in [0.25, 0.3) is 11.3 Å². The monoisotopic (exact) mass is 493 g/mol. The molecule has 2 amide bonds. The first-order chi connectivity index (χ1) is 18.0. The van der Waals surface area contributed by atoms with E-state index in [0.29, 0.717) is 49.3 Å². The molecular formula is C30H31N5O2. The second-order valence-electron chi connectivity index (χ2n) is 9.72. The van der Waals surface area contributed by atoms with Crippen LogP contribution < -0.4 is 5.32 Å². The Bertz CT molecular complexity index is 1370. The molecule has 0 unspecified atom stereocenters. The van der Waals surface area contributed by atoms with Crippen LogP contribution in [-0.2, 0) is 6.54 Å². The van der Waals surface area contributed by atoms with Crippen LogP contribution in [0.3, 0.4) is 0 Å². The van der Waals surface area contributed by atoms with Crippen LogP contribution in [0.2, 0.25) is 0 Å². The number of likely N-dealkylation sites (tertiary alicyclic amines) is 1. The van der Waals surface area contributed by atoms with Crippen molar-refractivity contribution >= 4 is 11.8 Å². The summed E-state index contributed by atoms with van der Waals surface area (Å²) in [5, 5.41) is 8.01. The van der Waals surface area contributed by atoms with E-state index in [-0.39, 0.29) is 17.9 Å². The standard InChI is InChI=1S/C30H31N5O2/c1-21-3-7-23(8-4-21)19-35-20-27(28(33-35)24-9-5-22(2)6-10-24)29(36)32-26-13-17-34(18-14-26)30(37)25-11-15-31-16-12-25/h3-12,15-16,20,26H,13-14,17-19H2,1-2H3,(H,32,36). The third-order valence-corrected chi connectivity index (χ3v) is 6.84. The molecule has 2 aromatic carbocycles. The van der Waals surface area contributed by atoms with Gasteiger partial charge in [-0.3, -0.25) is 19.3 Å². The number of nitrogens with zero attached hydrogens (tertiary/aromatic N) is 4. The molecule has 188 valence electrons. The van der Waals surface area contributed by atoms with Gasteiger partial charge in [-0.25, -0.2) is 0 Å². The first-order valence-electron chi connectivity index (χ1n) is 12.7. The van der Waals surface area contributed by atoms with Crippen molar-refractivity contribution in [2.45, 2.75) is 39.3 Å². The number of hydrogen-bond donors (Lipinski definition) is 1. The van der Waals surface area contributed by atoms with Gasteiger partial charge in [0.25, 0.3) is 11.8 Å². The lowest BCUT2D eigenvalue weighted by molar-refractivity contribution is 0.0698. The Morgan fingerprint density at radius 2 is 1.51 bits per heavy atom. The summed E-state index contributed by atoms with van der Waals surface area (Å²) in [4.78, 5) is 32.0. The molecule has 1 N–H and O–H groups in total. The molecule has 5 rings (SSSR count). The SMILES string of the molecule is Cc1ccc(Cn2cc(C(=O)NC3CCN(C(=O)c4ccncc4)CC3)c(-c3ccc(C)cc3)n2)cc1. The van der Waals surface area contributed by atoms with Gasteiger partial charge in [-0.1, -0.05) is 59.7 Å². The molecule has 37 heavy (non-hydrogen) atoms. The molecule has 0 radical (unpaired) electrons. The van der Waals surface area contributed by atoms with Crippen LogP contribution in [-0.4, -0.2) is 50.6 Å². The van der Waals surface area contributed by atoms with E-state index >= 15 is 0 Å². The molecule has 3 heterocycles. The summed E-state index contributed by atoms with van der Waals surface area (Å²) >= 11 is 0. The van der Waals surface area contributed by atoms with Gasteiger partial charge in [0.1, 0.15) is 5.69 Å². The van der Waals surface area contributed by atoms with Crippen LogP contribution in [0.5, 0.6) is 0 Å². The van der Waals surface area contributed by atoms with Crippen molar-refractivity contribution in [3.05, 3.63) is 107 Å². The molecule has 0 saturated carbocycles. The minimum atomic E-state index is -0.135. The van der Waals surface area contributed by atoms with Gasteiger partial charge in [0.05, 0.1) is 12.1 Å². The maximum absolute atomic E-state index is 13.5. The number of amides is 2. The van der Waals surface area contributed by atoms with Crippen LogP contribution >= 0.6 is 0 Å². The molecule has 2 aromatic heterocycles. The van der Waals surface area contributed by atoms with Gasteiger partial charge in [0.2, 0.25) is 0 Å². The highest BCUT2D eigenvalue weighted by Gasteiger charge is 2.26. The van der Waals surface area contributed by atoms with E-state index in [4.69, 9.17) is 5.10 Å². The van der Waals surface area contributed by atoms with Crippen molar-refractivity contribution in [3.8, 4) is 11.3 Å². The summed E-state index contributed by atoms with van der Waals surface area (Å²) in [5.74, 6) is -0.129. The first-order valence-corrected chi connectivity index (χ1v) is 12.7. The summed E-state index contributed by atoms with van der Waals surface area (Å²) < 4.78 is 1.84. The lowest BCUT2D eigenvalue weighted by Crippen LogP contribution is -2.46. The largest absolute Gasteiger partial charge is 0.349 e. The fraction of sp³-hybridized carbons (Fsp3) is 0.267. The zero-order valence-electron chi connectivity index (χ0n) is 21.2. The summed E-state index contributed by atoms with van der Waals surface area (Å²) in [6.45, 7) is 5.89. The molecule has 7 nitrogen and oxygen atoms in total. The average Bonchev–Trinajstić information content (AvgIpc) is 3.35. The Labute approximate surface area is 217 Å². The van der Waals surface area contributed by atoms with Crippen molar-refractivity contribution < 1.29 is 9.59 Å². The van der Waals surface area contributed by atoms with Crippen molar-refractivity contribution in [1.82, 2.24) is 25.0 Å². The van der Waals surface area contributed by atoms with E-state index in [9.17, 15) is 9.59 Å². The van der Waals surface area contributed by atoms with Gasteiger partial charge < -0.3 is 10.2 Å². The van der Waals surface area contributed by atoms with E-state index in [1.807, 2.05) is 47.0 Å². The maximum Gasteiger partial charge on any atom is 0.255 e. The van der Waals surface area contributed by atoms with Crippen LogP contribution in [0.15, 0.2) is 79.3 Å². The van der Waals surface area contributed by atoms with E-state index in [2.05, 4.69) is 41.5 Å². The molecule has 1 fully saturated rings. The van der Waals surface area contributed by atoms with Crippen LogP contribution in [0, 0.1) is 13.8 Å². The van der Waals surface area contributed by atoms with Gasteiger partial charge in [-0.15, -0.1) is 0 Å². The normalized spacial score (nSPS) is 13.9. The number of carbonyl (C=O) groups excluding carboxylic acids is 2. The Morgan fingerprint density at radius 3 is 2.16 bits per heavy atom. The minimum absolute atomic E-state index is 0.000284. The highest BCUT2D eigenvalue weighted by Crippen LogP contribution is 2.24. The second kappa shape index (κ2) is 10.8. The number of aryl methyl sites for hydroxylation is 2. The molecule has 0 spiro atoms. The van der Waals surface area contributed by atoms with Gasteiger partial charge in [0.15, 0.2) is 0 Å². The predicted octanol–water partition coefficient (Wildman–Crippen LogP) is 4.64. The van der Waals surface area contributed by atoms with Gasteiger partial charge in [-0.05, 0) is 44.4 Å². The zero-order valence-corrected chi connectivity index (χ0v) is 21.2. The smallest absolute Gasteiger partial charge is 0.255 e. The Morgan fingerprint density at radius 1 is 0.892 bits per heavy atom. The molecule has 1 saturated heterocycles. The number of hydrogen-bond acceptors (Lipinski definition) is 4. The fourth-order valence-corrected chi connectivity index (χ4v) is 4.64. The zero-order chi connectivity index (χ0) is 25.8. The van der Waals surface area contributed by atoms with E-state index in [1.54, 1.807) is 24.5 Å². The molecular weight excluding hydrogens is 462 g/mol. The third kappa shape index (κ3) is 5.77. The molecule has 4 aromatic rings. The average molecular weight is 494 g/mol. The molecule has 0 aliphatic carbocycles. The summed E-state index contributed by atoms with van der Waals surface area (Å²) in [6.07, 6.45) is 6.52. The quantitative estimate of drug-likeness (QED) is 0.424. The van der Waals surface area contributed by atoms with Gasteiger partial charge in [0, 0.05) is 48.8 Å². The first kappa shape index (κ1) is 24.4. The number of pyridine rings is 1. The van der Waals surface area contributed by atoms with Crippen LogP contribution in [0.1, 0.15) is 50.2 Å². The molecule has 7 heteroatoms. The summed E-state index contributed by atoms with van der Waals surface area (Å²) in [5.41, 5.74) is 6.28. The molecule has 0 bridgehead atoms. The van der Waals surface area contributed by atoms with Crippen LogP contribution in [0.4, 0.5) is 0 Å². The Balaban J connectivity index is 1.30. The highest BCUT2D eigenvalue weighted by molar-refractivity contribution is 6.00. The minimum Gasteiger partial charge on any atom is -0.349 e. The van der Waals surface area contributed by atoms with E-state index < -0.39 is 0 Å². The van der Waals surface area contributed by atoms with Crippen molar-refractivity contribution in [1.29, 1.82) is 0 Å². The van der Waals surface area contributed by atoms with Crippen molar-refractivity contribution in [2.75, 3.05) is 13.1 Å².